The smallest absolute Gasteiger partial charge is 0.416 e. The Morgan fingerprint density at radius 3 is 2.41 bits per heavy atom. The summed E-state index contributed by atoms with van der Waals surface area (Å²) in [7, 11) is 0. The Bertz CT molecular complexity index is 1210. The molecule has 1 aliphatic carbocycles. The van der Waals surface area contributed by atoms with E-state index in [1.807, 2.05) is 6.07 Å². The van der Waals surface area contributed by atoms with Crippen molar-refractivity contribution in [1.82, 2.24) is 10.3 Å². The normalized spacial score (nSPS) is 21.2. The molecule has 2 fully saturated rings. The average molecular weight is 516 g/mol. The topological polar surface area (TPSA) is 67.6 Å². The number of nitrogens with zero attached hydrogens (tertiary/aromatic N) is 2. The number of hydrogen-bond donors (Lipinski definition) is 1. The third-order valence-electron chi connectivity index (χ3n) is 7.62. The summed E-state index contributed by atoms with van der Waals surface area (Å²) in [6.45, 7) is 3.59. The monoisotopic (exact) mass is 515 g/mol. The lowest BCUT2D eigenvalue weighted by atomic mass is 9.84. The first-order valence-electron chi connectivity index (χ1n) is 13.1. The van der Waals surface area contributed by atoms with Crippen LogP contribution in [0.25, 0.3) is 11.1 Å². The highest BCUT2D eigenvalue weighted by molar-refractivity contribution is 5.92. The van der Waals surface area contributed by atoms with Crippen LogP contribution in [0.5, 0.6) is 5.75 Å². The number of benzene rings is 2. The number of piperidine rings is 1. The van der Waals surface area contributed by atoms with Crippen LogP contribution in [0.2, 0.25) is 0 Å². The number of halogens is 3. The minimum atomic E-state index is -4.33. The Balaban J connectivity index is 1.15. The Morgan fingerprint density at radius 1 is 1.05 bits per heavy atom. The number of carbonyl (C=O) groups is 1. The zero-order valence-electron chi connectivity index (χ0n) is 20.9. The fraction of sp³-hybridized carbons (Fsp3) is 0.500. The molecule has 2 heterocycles. The lowest BCUT2D eigenvalue weighted by molar-refractivity contribution is -0.137. The number of anilines is 1. The van der Waals surface area contributed by atoms with Gasteiger partial charge in [-0.3, -0.25) is 4.79 Å². The Morgan fingerprint density at radius 2 is 1.76 bits per heavy atom. The molecule has 2 aliphatic rings. The zero-order chi connectivity index (χ0) is 26.0. The van der Waals surface area contributed by atoms with Crippen molar-refractivity contribution in [2.24, 2.45) is 5.92 Å². The van der Waals surface area contributed by atoms with Crippen molar-refractivity contribution < 1.29 is 27.1 Å². The van der Waals surface area contributed by atoms with Gasteiger partial charge >= 0.3 is 12.1 Å². The van der Waals surface area contributed by atoms with Gasteiger partial charge in [-0.05, 0) is 68.0 Å². The summed E-state index contributed by atoms with van der Waals surface area (Å²) < 4.78 is 50.4. The number of aromatic nitrogens is 1. The van der Waals surface area contributed by atoms with Gasteiger partial charge in [-0.15, -0.1) is 0 Å². The number of rotatable bonds is 6. The van der Waals surface area contributed by atoms with E-state index in [0.717, 1.165) is 62.3 Å². The van der Waals surface area contributed by atoms with E-state index in [0.29, 0.717) is 29.9 Å². The minimum absolute atomic E-state index is 0.0212. The van der Waals surface area contributed by atoms with Crippen LogP contribution in [0.1, 0.15) is 68.1 Å². The van der Waals surface area contributed by atoms with Gasteiger partial charge in [0.05, 0.1) is 5.56 Å². The lowest BCUT2D eigenvalue weighted by Gasteiger charge is -2.33. The SMILES string of the molecule is CCC1CCC(NC(=O)c2nc3ccc(OC4CCN(c5ccc(C(F)(F)F)cc5)CC4)cc3o2)CC1. The molecule has 0 radical (unpaired) electrons. The molecule has 198 valence electrons. The third-order valence-corrected chi connectivity index (χ3v) is 7.62. The van der Waals surface area contributed by atoms with Crippen molar-refractivity contribution in [2.45, 2.75) is 70.2 Å². The third kappa shape index (κ3) is 6.02. The van der Waals surface area contributed by atoms with Crippen LogP contribution in [0.4, 0.5) is 18.9 Å². The largest absolute Gasteiger partial charge is 0.490 e. The molecule has 5 rings (SSSR count). The second-order valence-corrected chi connectivity index (χ2v) is 10.1. The van der Waals surface area contributed by atoms with Gasteiger partial charge in [-0.1, -0.05) is 13.3 Å². The van der Waals surface area contributed by atoms with Gasteiger partial charge in [0, 0.05) is 43.7 Å². The number of nitrogens with one attached hydrogen (secondary N) is 1. The predicted molar refractivity (Wildman–Crippen MR) is 135 cm³/mol. The van der Waals surface area contributed by atoms with Gasteiger partial charge in [0.2, 0.25) is 0 Å². The number of amides is 1. The Labute approximate surface area is 214 Å². The summed E-state index contributed by atoms with van der Waals surface area (Å²) in [4.78, 5) is 19.1. The van der Waals surface area contributed by atoms with Crippen LogP contribution >= 0.6 is 0 Å². The molecule has 0 spiro atoms. The van der Waals surface area contributed by atoms with Crippen molar-refractivity contribution in [3.8, 4) is 5.75 Å². The molecular formula is C28H32F3N3O3. The molecule has 0 unspecified atom stereocenters. The van der Waals surface area contributed by atoms with E-state index in [1.54, 1.807) is 12.1 Å². The second-order valence-electron chi connectivity index (χ2n) is 10.1. The quantitative estimate of drug-likeness (QED) is 0.401. The van der Waals surface area contributed by atoms with Crippen molar-refractivity contribution in [3.05, 3.63) is 53.9 Å². The maximum absolute atomic E-state index is 12.8. The molecule has 0 atom stereocenters. The van der Waals surface area contributed by atoms with Crippen LogP contribution in [0.3, 0.4) is 0 Å². The number of ether oxygens (including phenoxy) is 1. The first-order valence-corrected chi connectivity index (χ1v) is 13.1. The molecule has 1 amide bonds. The molecule has 1 saturated carbocycles. The number of alkyl halides is 3. The summed E-state index contributed by atoms with van der Waals surface area (Å²) in [6, 6.07) is 10.8. The van der Waals surface area contributed by atoms with Gasteiger partial charge in [-0.2, -0.15) is 13.2 Å². The standard InChI is InChI=1S/C28H32F3N3O3/c1-2-18-3-7-20(8-4-18)32-26(35)27-33-24-12-11-23(17-25(24)37-27)36-22-13-15-34(16-14-22)21-9-5-19(6-10-21)28(29,30)31/h5-6,9-12,17-18,20,22H,2-4,7-8,13-16H2,1H3,(H,32,35). The summed E-state index contributed by atoms with van der Waals surface area (Å²) in [5.41, 5.74) is 1.24. The van der Waals surface area contributed by atoms with E-state index in [2.05, 4.69) is 22.1 Å². The Kier molecular flexibility index (Phi) is 7.31. The maximum Gasteiger partial charge on any atom is 0.416 e. The fourth-order valence-electron chi connectivity index (χ4n) is 5.32. The van der Waals surface area contributed by atoms with Crippen molar-refractivity contribution in [3.63, 3.8) is 0 Å². The van der Waals surface area contributed by atoms with E-state index < -0.39 is 11.7 Å². The van der Waals surface area contributed by atoms with Crippen LogP contribution in [-0.4, -0.2) is 36.1 Å². The van der Waals surface area contributed by atoms with Crippen LogP contribution in [-0.2, 0) is 6.18 Å². The molecule has 37 heavy (non-hydrogen) atoms. The molecule has 1 aromatic heterocycles. The predicted octanol–water partition coefficient (Wildman–Crippen LogP) is 6.59. The van der Waals surface area contributed by atoms with Crippen LogP contribution in [0, 0.1) is 5.92 Å². The van der Waals surface area contributed by atoms with Gasteiger partial charge in [0.25, 0.3) is 5.89 Å². The fourth-order valence-corrected chi connectivity index (χ4v) is 5.32. The molecule has 1 saturated heterocycles. The summed E-state index contributed by atoms with van der Waals surface area (Å²) in [5, 5.41) is 3.06. The van der Waals surface area contributed by atoms with Gasteiger partial charge in [0.15, 0.2) is 5.58 Å². The van der Waals surface area contributed by atoms with E-state index >= 15 is 0 Å². The van der Waals surface area contributed by atoms with E-state index in [9.17, 15) is 18.0 Å². The molecule has 0 bridgehead atoms. The van der Waals surface area contributed by atoms with Crippen LogP contribution < -0.4 is 15.0 Å². The molecular weight excluding hydrogens is 483 g/mol. The first kappa shape index (κ1) is 25.4. The van der Waals surface area contributed by atoms with Gasteiger partial charge < -0.3 is 19.4 Å². The van der Waals surface area contributed by atoms with Gasteiger partial charge in [0.1, 0.15) is 17.4 Å². The highest BCUT2D eigenvalue weighted by Gasteiger charge is 2.30. The summed E-state index contributed by atoms with van der Waals surface area (Å²) >= 11 is 0. The number of fused-ring (bicyclic) bond motifs is 1. The molecule has 9 heteroatoms. The van der Waals surface area contributed by atoms with Crippen molar-refractivity contribution >= 4 is 22.7 Å². The van der Waals surface area contributed by atoms with Crippen molar-refractivity contribution in [1.29, 1.82) is 0 Å². The summed E-state index contributed by atoms with van der Waals surface area (Å²) in [6.07, 6.45) is 2.56. The second kappa shape index (κ2) is 10.6. The first-order chi connectivity index (χ1) is 17.8. The highest BCUT2D eigenvalue weighted by atomic mass is 19.4. The van der Waals surface area contributed by atoms with E-state index in [-0.39, 0.29) is 23.9 Å². The molecule has 2 aromatic carbocycles. The summed E-state index contributed by atoms with van der Waals surface area (Å²) in [5.74, 6) is 1.18. The number of oxazole rings is 1. The van der Waals surface area contributed by atoms with Crippen molar-refractivity contribution in [2.75, 3.05) is 18.0 Å². The lowest BCUT2D eigenvalue weighted by Crippen LogP contribution is -2.38. The van der Waals surface area contributed by atoms with Gasteiger partial charge in [-0.25, -0.2) is 4.98 Å². The number of hydrogen-bond acceptors (Lipinski definition) is 5. The highest BCUT2D eigenvalue weighted by Crippen LogP contribution is 2.32. The van der Waals surface area contributed by atoms with E-state index in [4.69, 9.17) is 9.15 Å². The zero-order valence-corrected chi connectivity index (χ0v) is 20.9. The number of carbonyl (C=O) groups excluding carboxylic acids is 1. The van der Waals surface area contributed by atoms with E-state index in [1.165, 1.54) is 18.6 Å². The van der Waals surface area contributed by atoms with Crippen LogP contribution in [0.15, 0.2) is 46.9 Å². The molecule has 3 aromatic rings. The molecule has 6 nitrogen and oxygen atoms in total. The molecule has 1 N–H and O–H groups in total. The maximum atomic E-state index is 12.8. The minimum Gasteiger partial charge on any atom is -0.490 e. The molecule has 1 aliphatic heterocycles. The Hall–Kier alpha value is -3.23. The average Bonchev–Trinajstić information content (AvgIpc) is 3.33.